The van der Waals surface area contributed by atoms with Gasteiger partial charge >= 0.3 is 0 Å². The van der Waals surface area contributed by atoms with E-state index in [2.05, 4.69) is 16.9 Å². The molecule has 0 unspecified atom stereocenters. The molecule has 0 aromatic carbocycles. The number of halogens is 1. The van der Waals surface area contributed by atoms with Crippen LogP contribution < -0.4 is 0 Å². The highest BCUT2D eigenvalue weighted by Gasteiger charge is 2.23. The number of aromatic nitrogens is 2. The normalized spacial score (nSPS) is 16.4. The Bertz CT molecular complexity index is 696. The number of aryl methyl sites for hydroxylation is 2. The summed E-state index contributed by atoms with van der Waals surface area (Å²) < 4.78 is 6.96. The maximum absolute atomic E-state index is 12.4. The lowest BCUT2D eigenvalue weighted by atomic mass is 10.2. The number of rotatable bonds is 4. The van der Waals surface area contributed by atoms with E-state index >= 15 is 0 Å². The zero-order chi connectivity index (χ0) is 17.1. The van der Waals surface area contributed by atoms with Gasteiger partial charge in [-0.05, 0) is 25.0 Å². The van der Waals surface area contributed by atoms with Crippen LogP contribution in [0.25, 0.3) is 0 Å². The number of carbonyl (C=O) groups is 1. The van der Waals surface area contributed by atoms with Crippen molar-refractivity contribution in [2.24, 2.45) is 7.05 Å². The molecule has 2 aromatic heterocycles. The molecular weight excluding hydrogens is 328 g/mol. The molecule has 1 saturated heterocycles. The van der Waals surface area contributed by atoms with E-state index in [1.165, 1.54) is 6.26 Å². The zero-order valence-corrected chi connectivity index (χ0v) is 14.9. The summed E-state index contributed by atoms with van der Waals surface area (Å²) in [5.41, 5.74) is 2.16. The first kappa shape index (κ1) is 17.0. The van der Waals surface area contributed by atoms with Gasteiger partial charge in [-0.3, -0.25) is 14.4 Å². The lowest BCUT2D eigenvalue weighted by Gasteiger charge is -2.21. The van der Waals surface area contributed by atoms with Crippen LogP contribution in [0.1, 0.15) is 35.2 Å². The number of carbonyl (C=O) groups excluding carboxylic acids is 1. The highest BCUT2D eigenvalue weighted by atomic mass is 35.5. The SMILES string of the molecule is CCc1nn(C)c(Cl)c1CN1CCCN(C(=O)c2ccco2)CC1. The maximum Gasteiger partial charge on any atom is 0.289 e. The fourth-order valence-electron chi connectivity index (χ4n) is 3.15. The summed E-state index contributed by atoms with van der Waals surface area (Å²) in [5.74, 6) is 0.377. The third kappa shape index (κ3) is 3.49. The van der Waals surface area contributed by atoms with Crippen LogP contribution in [0.2, 0.25) is 5.15 Å². The maximum atomic E-state index is 12.4. The van der Waals surface area contributed by atoms with Crippen molar-refractivity contribution in [3.05, 3.63) is 40.6 Å². The van der Waals surface area contributed by atoms with E-state index in [9.17, 15) is 4.79 Å². The summed E-state index contributed by atoms with van der Waals surface area (Å²) in [7, 11) is 1.87. The molecule has 0 atom stereocenters. The van der Waals surface area contributed by atoms with Gasteiger partial charge in [0.1, 0.15) is 5.15 Å². The van der Waals surface area contributed by atoms with Crippen molar-refractivity contribution in [1.82, 2.24) is 19.6 Å². The van der Waals surface area contributed by atoms with Gasteiger partial charge in [0.25, 0.3) is 5.91 Å². The van der Waals surface area contributed by atoms with Crippen molar-refractivity contribution in [2.75, 3.05) is 26.2 Å². The number of amides is 1. The van der Waals surface area contributed by atoms with E-state index in [1.807, 2.05) is 11.9 Å². The van der Waals surface area contributed by atoms with Gasteiger partial charge in [0.05, 0.1) is 12.0 Å². The van der Waals surface area contributed by atoms with Crippen molar-refractivity contribution >= 4 is 17.5 Å². The van der Waals surface area contributed by atoms with Crippen molar-refractivity contribution in [1.29, 1.82) is 0 Å². The molecule has 0 spiro atoms. The Hall–Kier alpha value is -1.79. The minimum atomic E-state index is -0.0319. The summed E-state index contributed by atoms with van der Waals surface area (Å²) in [4.78, 5) is 16.6. The van der Waals surface area contributed by atoms with Gasteiger partial charge in [0.15, 0.2) is 5.76 Å². The van der Waals surface area contributed by atoms with E-state index in [4.69, 9.17) is 16.0 Å². The lowest BCUT2D eigenvalue weighted by molar-refractivity contribution is 0.0729. The van der Waals surface area contributed by atoms with Gasteiger partial charge in [-0.15, -0.1) is 0 Å². The summed E-state index contributed by atoms with van der Waals surface area (Å²) in [5, 5.41) is 5.18. The molecule has 1 amide bonds. The van der Waals surface area contributed by atoms with Gasteiger partial charge in [0, 0.05) is 45.3 Å². The van der Waals surface area contributed by atoms with Crippen molar-refractivity contribution in [3.8, 4) is 0 Å². The average molecular weight is 351 g/mol. The predicted octanol–water partition coefficient (Wildman–Crippen LogP) is 2.58. The van der Waals surface area contributed by atoms with E-state index in [0.29, 0.717) is 17.5 Å². The van der Waals surface area contributed by atoms with Crippen LogP contribution in [-0.2, 0) is 20.0 Å². The lowest BCUT2D eigenvalue weighted by Crippen LogP contribution is -2.35. The molecule has 3 rings (SSSR count). The summed E-state index contributed by atoms with van der Waals surface area (Å²) in [6, 6.07) is 3.46. The molecule has 0 bridgehead atoms. The Morgan fingerprint density at radius 3 is 2.88 bits per heavy atom. The molecular formula is C17H23ClN4O2. The Morgan fingerprint density at radius 2 is 2.17 bits per heavy atom. The summed E-state index contributed by atoms with van der Waals surface area (Å²) in [6.45, 7) is 6.07. The Kier molecular flexibility index (Phi) is 5.26. The Labute approximate surface area is 147 Å². The number of furan rings is 1. The largest absolute Gasteiger partial charge is 0.459 e. The molecule has 24 heavy (non-hydrogen) atoms. The van der Waals surface area contributed by atoms with Crippen molar-refractivity contribution < 1.29 is 9.21 Å². The molecule has 0 saturated carbocycles. The van der Waals surface area contributed by atoms with Crippen LogP contribution in [0.5, 0.6) is 0 Å². The standard InChI is InChI=1S/C17H23ClN4O2/c1-3-14-13(16(18)20(2)19-14)12-21-7-5-8-22(10-9-21)17(23)15-6-4-11-24-15/h4,6,11H,3,5,7-10,12H2,1-2H3. The third-order valence-electron chi connectivity index (χ3n) is 4.48. The molecule has 1 aliphatic heterocycles. The summed E-state index contributed by atoms with van der Waals surface area (Å²) in [6.07, 6.45) is 3.34. The molecule has 7 heteroatoms. The molecule has 0 radical (unpaired) electrons. The highest BCUT2D eigenvalue weighted by Crippen LogP contribution is 2.22. The molecule has 130 valence electrons. The Balaban J connectivity index is 1.65. The van der Waals surface area contributed by atoms with Gasteiger partial charge in [-0.25, -0.2) is 0 Å². The van der Waals surface area contributed by atoms with Crippen molar-refractivity contribution in [3.63, 3.8) is 0 Å². The quantitative estimate of drug-likeness (QED) is 0.850. The molecule has 1 fully saturated rings. The molecule has 6 nitrogen and oxygen atoms in total. The first-order valence-corrected chi connectivity index (χ1v) is 8.73. The van der Waals surface area contributed by atoms with Crippen LogP contribution in [0.3, 0.4) is 0 Å². The van der Waals surface area contributed by atoms with Gasteiger partial charge < -0.3 is 9.32 Å². The monoisotopic (exact) mass is 350 g/mol. The van der Waals surface area contributed by atoms with Crippen LogP contribution in [-0.4, -0.2) is 51.7 Å². The molecule has 0 aliphatic carbocycles. The number of nitrogens with zero attached hydrogens (tertiary/aromatic N) is 4. The van der Waals surface area contributed by atoms with Gasteiger partial charge in [-0.2, -0.15) is 5.10 Å². The van der Waals surface area contributed by atoms with E-state index < -0.39 is 0 Å². The second kappa shape index (κ2) is 7.40. The summed E-state index contributed by atoms with van der Waals surface area (Å²) >= 11 is 6.40. The molecule has 1 aliphatic rings. The minimum absolute atomic E-state index is 0.0319. The smallest absolute Gasteiger partial charge is 0.289 e. The van der Waals surface area contributed by atoms with Gasteiger partial charge in [0.2, 0.25) is 0 Å². The zero-order valence-electron chi connectivity index (χ0n) is 14.2. The fraction of sp³-hybridized carbons (Fsp3) is 0.529. The van der Waals surface area contributed by atoms with Crippen LogP contribution in [0.4, 0.5) is 0 Å². The van der Waals surface area contributed by atoms with E-state index in [1.54, 1.807) is 16.8 Å². The topological polar surface area (TPSA) is 54.5 Å². The molecule has 2 aromatic rings. The molecule has 3 heterocycles. The van der Waals surface area contributed by atoms with E-state index in [-0.39, 0.29) is 5.91 Å². The second-order valence-corrected chi connectivity index (χ2v) is 6.45. The van der Waals surface area contributed by atoms with E-state index in [0.717, 1.165) is 50.3 Å². The number of hydrogen-bond acceptors (Lipinski definition) is 4. The minimum Gasteiger partial charge on any atom is -0.459 e. The molecule has 0 N–H and O–H groups in total. The first-order valence-electron chi connectivity index (χ1n) is 8.35. The average Bonchev–Trinajstić information content (AvgIpc) is 3.13. The van der Waals surface area contributed by atoms with Crippen LogP contribution >= 0.6 is 11.6 Å². The first-order chi connectivity index (χ1) is 11.6. The van der Waals surface area contributed by atoms with Crippen molar-refractivity contribution in [2.45, 2.75) is 26.3 Å². The number of hydrogen-bond donors (Lipinski definition) is 0. The van der Waals surface area contributed by atoms with Gasteiger partial charge in [-0.1, -0.05) is 18.5 Å². The fourth-order valence-corrected chi connectivity index (χ4v) is 3.36. The van der Waals surface area contributed by atoms with Crippen LogP contribution in [0, 0.1) is 0 Å². The third-order valence-corrected chi connectivity index (χ3v) is 4.95. The highest BCUT2D eigenvalue weighted by molar-refractivity contribution is 6.30. The Morgan fingerprint density at radius 1 is 1.33 bits per heavy atom. The second-order valence-electron chi connectivity index (χ2n) is 6.09. The van der Waals surface area contributed by atoms with Crippen LogP contribution in [0.15, 0.2) is 22.8 Å². The predicted molar refractivity (Wildman–Crippen MR) is 92.1 cm³/mol.